The van der Waals surface area contributed by atoms with Crippen LogP contribution in [0.5, 0.6) is 11.5 Å². The Labute approximate surface area is 255 Å². The molecule has 0 aliphatic rings. The van der Waals surface area contributed by atoms with Crippen molar-refractivity contribution in [2.45, 2.75) is 39.0 Å². The highest BCUT2D eigenvalue weighted by Gasteiger charge is 2.24. The SMILES string of the molecule is COc1cc(/C=N\NC(=O)[C@H](COCc2ccccc2)NC(=O)OC(C)(C)C)ccc1OCC(=O)Nc1ccccc1Cl. The molecule has 3 rings (SSSR count). The molecule has 3 aromatic carbocycles. The smallest absolute Gasteiger partial charge is 0.408 e. The number of carbonyl (C=O) groups is 3. The number of para-hydroxylation sites is 1. The minimum atomic E-state index is -1.07. The van der Waals surface area contributed by atoms with E-state index in [-0.39, 0.29) is 19.8 Å². The number of nitrogens with zero attached hydrogens (tertiary/aromatic N) is 1. The minimum Gasteiger partial charge on any atom is -0.493 e. The van der Waals surface area contributed by atoms with Gasteiger partial charge in [-0.05, 0) is 62.2 Å². The van der Waals surface area contributed by atoms with Crippen LogP contribution >= 0.6 is 11.6 Å². The van der Waals surface area contributed by atoms with Gasteiger partial charge in [0.2, 0.25) is 0 Å². The van der Waals surface area contributed by atoms with E-state index in [0.717, 1.165) is 5.56 Å². The van der Waals surface area contributed by atoms with Gasteiger partial charge in [0.05, 0.1) is 37.2 Å². The number of carbonyl (C=O) groups excluding carboxylic acids is 3. The van der Waals surface area contributed by atoms with E-state index in [4.69, 9.17) is 30.5 Å². The second-order valence-electron chi connectivity index (χ2n) is 10.2. The molecule has 0 saturated heterocycles. The summed E-state index contributed by atoms with van der Waals surface area (Å²) in [7, 11) is 1.46. The fourth-order valence-corrected chi connectivity index (χ4v) is 3.71. The van der Waals surface area contributed by atoms with E-state index in [2.05, 4.69) is 21.2 Å². The van der Waals surface area contributed by atoms with Crippen molar-refractivity contribution in [2.24, 2.45) is 5.10 Å². The predicted octanol–water partition coefficient (Wildman–Crippen LogP) is 4.93. The monoisotopic (exact) mass is 610 g/mol. The van der Waals surface area contributed by atoms with Crippen molar-refractivity contribution in [1.29, 1.82) is 0 Å². The Morgan fingerprint density at radius 1 is 0.977 bits per heavy atom. The molecular formula is C31H35ClN4O7. The summed E-state index contributed by atoms with van der Waals surface area (Å²) in [6.07, 6.45) is 0.629. The summed E-state index contributed by atoms with van der Waals surface area (Å²) in [6.45, 7) is 5.02. The van der Waals surface area contributed by atoms with Gasteiger partial charge in [0, 0.05) is 0 Å². The van der Waals surface area contributed by atoms with Gasteiger partial charge in [-0.2, -0.15) is 5.10 Å². The topological polar surface area (TPSA) is 137 Å². The van der Waals surface area contributed by atoms with Crippen LogP contribution in [0.2, 0.25) is 5.02 Å². The molecule has 0 heterocycles. The van der Waals surface area contributed by atoms with Gasteiger partial charge in [0.1, 0.15) is 11.6 Å². The Morgan fingerprint density at radius 2 is 1.70 bits per heavy atom. The van der Waals surface area contributed by atoms with Crippen LogP contribution < -0.4 is 25.5 Å². The maximum atomic E-state index is 12.9. The number of methoxy groups -OCH3 is 1. The number of hydrazone groups is 1. The van der Waals surface area contributed by atoms with Crippen molar-refractivity contribution in [3.8, 4) is 11.5 Å². The molecule has 0 saturated carbocycles. The second kappa shape index (κ2) is 16.1. The third kappa shape index (κ3) is 11.7. The highest BCUT2D eigenvalue weighted by Crippen LogP contribution is 2.28. The highest BCUT2D eigenvalue weighted by atomic mass is 35.5. The molecule has 0 aromatic heterocycles. The quantitative estimate of drug-likeness (QED) is 0.184. The van der Waals surface area contributed by atoms with Gasteiger partial charge in [-0.15, -0.1) is 0 Å². The van der Waals surface area contributed by atoms with Gasteiger partial charge in [-0.25, -0.2) is 10.2 Å². The molecule has 0 unspecified atom stereocenters. The average molecular weight is 611 g/mol. The Morgan fingerprint density at radius 3 is 2.40 bits per heavy atom. The first-order valence-electron chi connectivity index (χ1n) is 13.3. The lowest BCUT2D eigenvalue weighted by Gasteiger charge is -2.22. The maximum absolute atomic E-state index is 12.9. The van der Waals surface area contributed by atoms with E-state index in [0.29, 0.717) is 27.8 Å². The summed E-state index contributed by atoms with van der Waals surface area (Å²) in [5, 5.41) is 9.62. The number of hydrogen-bond acceptors (Lipinski definition) is 8. The first-order valence-corrected chi connectivity index (χ1v) is 13.7. The molecule has 0 aliphatic heterocycles. The fourth-order valence-electron chi connectivity index (χ4n) is 3.53. The molecule has 3 amide bonds. The van der Waals surface area contributed by atoms with Crippen molar-refractivity contribution in [3.05, 3.63) is 88.9 Å². The van der Waals surface area contributed by atoms with Crippen molar-refractivity contribution in [3.63, 3.8) is 0 Å². The largest absolute Gasteiger partial charge is 0.493 e. The van der Waals surface area contributed by atoms with Crippen LogP contribution in [0.25, 0.3) is 0 Å². The zero-order valence-corrected chi connectivity index (χ0v) is 25.1. The van der Waals surface area contributed by atoms with E-state index in [1.165, 1.54) is 13.3 Å². The Bertz CT molecular complexity index is 1410. The molecule has 1 atom stereocenters. The van der Waals surface area contributed by atoms with Crippen molar-refractivity contribution >= 4 is 41.4 Å². The molecule has 228 valence electrons. The van der Waals surface area contributed by atoms with E-state index in [9.17, 15) is 14.4 Å². The summed E-state index contributed by atoms with van der Waals surface area (Å²) in [6, 6.07) is 20.1. The van der Waals surface area contributed by atoms with Crippen molar-refractivity contribution in [2.75, 3.05) is 25.6 Å². The van der Waals surface area contributed by atoms with Crippen LogP contribution in [0.3, 0.4) is 0 Å². The number of nitrogens with one attached hydrogen (secondary N) is 3. The lowest BCUT2D eigenvalue weighted by atomic mass is 10.2. The number of benzene rings is 3. The molecule has 0 spiro atoms. The van der Waals surface area contributed by atoms with E-state index in [1.807, 2.05) is 30.3 Å². The van der Waals surface area contributed by atoms with Crippen molar-refractivity contribution < 1.29 is 33.3 Å². The van der Waals surface area contributed by atoms with Gasteiger partial charge in [0.25, 0.3) is 11.8 Å². The molecule has 11 nitrogen and oxygen atoms in total. The van der Waals surface area contributed by atoms with Gasteiger partial charge in [0.15, 0.2) is 18.1 Å². The summed E-state index contributed by atoms with van der Waals surface area (Å²) in [5.74, 6) is -0.327. The first kappa shape index (κ1) is 32.9. The van der Waals surface area contributed by atoms with Gasteiger partial charge in [-0.3, -0.25) is 9.59 Å². The van der Waals surface area contributed by atoms with Crippen LogP contribution in [0.4, 0.5) is 10.5 Å². The number of ether oxygens (including phenoxy) is 4. The molecule has 0 fully saturated rings. The van der Waals surface area contributed by atoms with E-state index >= 15 is 0 Å². The Balaban J connectivity index is 1.58. The standard InChI is InChI=1S/C31H35ClN4O7/c1-31(2,3)43-30(39)35-25(19-41-18-21-10-6-5-7-11-21)29(38)36-33-17-22-14-15-26(27(16-22)40-4)42-20-28(37)34-24-13-9-8-12-23(24)32/h5-17,25H,18-20H2,1-4H3,(H,34,37)(H,35,39)(H,36,38)/b33-17-/t25-/m0/s1. The average Bonchev–Trinajstić information content (AvgIpc) is 2.96. The van der Waals surface area contributed by atoms with Gasteiger partial charge < -0.3 is 29.6 Å². The molecular weight excluding hydrogens is 576 g/mol. The number of alkyl carbamates (subject to hydrolysis) is 1. The van der Waals surface area contributed by atoms with Gasteiger partial charge in [-0.1, -0.05) is 54.1 Å². The number of rotatable bonds is 13. The third-order valence-electron chi connectivity index (χ3n) is 5.49. The Kier molecular flexibility index (Phi) is 12.3. The molecule has 0 bridgehead atoms. The first-order chi connectivity index (χ1) is 20.5. The molecule has 3 N–H and O–H groups in total. The summed E-state index contributed by atoms with van der Waals surface area (Å²) in [5.41, 5.74) is 3.63. The third-order valence-corrected chi connectivity index (χ3v) is 5.82. The predicted molar refractivity (Wildman–Crippen MR) is 164 cm³/mol. The maximum Gasteiger partial charge on any atom is 0.408 e. The van der Waals surface area contributed by atoms with Crippen LogP contribution in [0.1, 0.15) is 31.9 Å². The number of halogens is 1. The van der Waals surface area contributed by atoms with Crippen LogP contribution in [-0.2, 0) is 25.7 Å². The lowest BCUT2D eigenvalue weighted by Crippen LogP contribution is -2.49. The summed E-state index contributed by atoms with van der Waals surface area (Å²) >= 11 is 6.08. The van der Waals surface area contributed by atoms with Crippen LogP contribution in [0, 0.1) is 0 Å². The van der Waals surface area contributed by atoms with E-state index < -0.39 is 29.6 Å². The lowest BCUT2D eigenvalue weighted by molar-refractivity contribution is -0.124. The number of hydrogen-bond donors (Lipinski definition) is 3. The zero-order chi connectivity index (χ0) is 31.2. The molecule has 0 radical (unpaired) electrons. The number of amides is 3. The fraction of sp³-hybridized carbons (Fsp3) is 0.290. The van der Waals surface area contributed by atoms with Crippen LogP contribution in [-0.4, -0.2) is 56.1 Å². The summed E-state index contributed by atoms with van der Waals surface area (Å²) in [4.78, 5) is 37.5. The van der Waals surface area contributed by atoms with Crippen LogP contribution in [0.15, 0.2) is 77.9 Å². The zero-order valence-electron chi connectivity index (χ0n) is 24.4. The summed E-state index contributed by atoms with van der Waals surface area (Å²) < 4.78 is 21.9. The Hall–Kier alpha value is -4.61. The number of anilines is 1. The molecule has 43 heavy (non-hydrogen) atoms. The highest BCUT2D eigenvalue weighted by molar-refractivity contribution is 6.33. The minimum absolute atomic E-state index is 0.112. The molecule has 12 heteroatoms. The molecule has 3 aromatic rings. The van der Waals surface area contributed by atoms with E-state index in [1.54, 1.807) is 63.2 Å². The van der Waals surface area contributed by atoms with Gasteiger partial charge >= 0.3 is 6.09 Å². The second-order valence-corrected chi connectivity index (χ2v) is 10.6. The molecule has 0 aliphatic carbocycles. The normalized spacial score (nSPS) is 11.8. The van der Waals surface area contributed by atoms with Crippen molar-refractivity contribution in [1.82, 2.24) is 10.7 Å².